The minimum Gasteiger partial charge on any atom is -0.481 e. The van der Waals surface area contributed by atoms with Gasteiger partial charge in [-0.3, -0.25) is 38.4 Å². The molecule has 2 saturated heterocycles. The molecule has 19 heteroatoms. The molecule has 2 aromatic carbocycles. The molecule has 0 radical (unpaired) electrons. The summed E-state index contributed by atoms with van der Waals surface area (Å²) in [4.78, 5) is 98.7. The molecule has 0 unspecified atom stereocenters. The van der Waals surface area contributed by atoms with Crippen molar-refractivity contribution in [2.75, 3.05) is 13.2 Å². The first-order valence-electron chi connectivity index (χ1n) is 18.6. The minimum atomic E-state index is -1.83. The Kier molecular flexibility index (Phi) is 16.8. The molecule has 2 aromatic rings. The summed E-state index contributed by atoms with van der Waals surface area (Å²) in [5, 5.41) is 10.2. The van der Waals surface area contributed by atoms with Gasteiger partial charge in [0.15, 0.2) is 36.5 Å². The van der Waals surface area contributed by atoms with Gasteiger partial charge in [0.05, 0.1) is 12.5 Å². The summed E-state index contributed by atoms with van der Waals surface area (Å²) in [6.45, 7) is 5.15. The maximum atomic E-state index is 12.6. The van der Waals surface area contributed by atoms with Crippen LogP contribution in [0.4, 0.5) is 0 Å². The van der Waals surface area contributed by atoms with E-state index in [-0.39, 0.29) is 11.5 Å². The highest BCUT2D eigenvalue weighted by atomic mass is 16.8. The third-order valence-corrected chi connectivity index (χ3v) is 8.81. The van der Waals surface area contributed by atoms with Crippen molar-refractivity contribution in [2.45, 2.75) is 103 Å². The lowest BCUT2D eigenvalue weighted by Gasteiger charge is -2.49. The molecule has 2 fully saturated rings. The highest BCUT2D eigenvalue weighted by Crippen LogP contribution is 2.38. The summed E-state index contributed by atoms with van der Waals surface area (Å²) in [6, 6.07) is 14.9. The number of carboxylic acid groups (broad SMARTS) is 1. The third kappa shape index (κ3) is 13.7. The standard InChI is InChI=1S/C41H46O19/c1-21(42)51-19-32-35(60-41-39(56-26(6)47)38(55-25(5)46)37(54-24(4)45)33(59-41)20-52-22(2)43)30(18-34(49)50)36(53-23(3)44)40(58-32)57-29-15-12-27(13-16-29)14-17-31(48)28-10-8-7-9-11-28/h7-17,30,32-33,35-41H,18-20H2,1-6H3,(H,49,50)/b17-14+/t30-,32+,33+,35-,36-,37+,38-,39+,40-,41-/m1/s1. The number of ether oxygens (including phenoxy) is 10. The molecule has 0 spiro atoms. The van der Waals surface area contributed by atoms with Crippen LogP contribution >= 0.6 is 0 Å². The van der Waals surface area contributed by atoms with Crippen LogP contribution in [0.25, 0.3) is 6.08 Å². The first-order valence-corrected chi connectivity index (χ1v) is 18.6. The molecule has 0 saturated carbocycles. The van der Waals surface area contributed by atoms with Crippen LogP contribution in [-0.2, 0) is 76.2 Å². The van der Waals surface area contributed by atoms with Crippen LogP contribution in [0.5, 0.6) is 5.75 Å². The van der Waals surface area contributed by atoms with Crippen LogP contribution in [0.15, 0.2) is 60.7 Å². The zero-order valence-corrected chi connectivity index (χ0v) is 33.5. The van der Waals surface area contributed by atoms with Crippen LogP contribution in [-0.4, -0.2) is 121 Å². The van der Waals surface area contributed by atoms with Crippen LogP contribution in [0.2, 0.25) is 0 Å². The van der Waals surface area contributed by atoms with Crippen molar-refractivity contribution in [3.05, 3.63) is 71.8 Å². The van der Waals surface area contributed by atoms with E-state index < -0.39 is 123 Å². The lowest BCUT2D eigenvalue weighted by Crippen LogP contribution is -2.66. The van der Waals surface area contributed by atoms with E-state index in [1.807, 2.05) is 0 Å². The van der Waals surface area contributed by atoms with Crippen molar-refractivity contribution in [1.29, 1.82) is 0 Å². The summed E-state index contributed by atoms with van der Waals surface area (Å²) < 4.78 is 57.3. The number of hydrogen-bond donors (Lipinski definition) is 1. The van der Waals surface area contributed by atoms with E-state index in [9.17, 15) is 43.5 Å². The van der Waals surface area contributed by atoms with Gasteiger partial charge in [-0.05, 0) is 23.8 Å². The monoisotopic (exact) mass is 842 g/mol. The van der Waals surface area contributed by atoms with Crippen molar-refractivity contribution >= 4 is 53.6 Å². The van der Waals surface area contributed by atoms with Gasteiger partial charge in [0, 0.05) is 53.0 Å². The number of carbonyl (C=O) groups is 8. The van der Waals surface area contributed by atoms with Gasteiger partial charge in [-0.15, -0.1) is 0 Å². The summed E-state index contributed by atoms with van der Waals surface area (Å²) in [5.74, 6) is -8.02. The van der Waals surface area contributed by atoms with Gasteiger partial charge >= 0.3 is 41.8 Å². The van der Waals surface area contributed by atoms with Crippen LogP contribution in [0, 0.1) is 5.92 Å². The van der Waals surface area contributed by atoms with Gasteiger partial charge in [-0.2, -0.15) is 0 Å². The first kappa shape index (κ1) is 46.5. The zero-order chi connectivity index (χ0) is 44.1. The molecule has 0 amide bonds. The maximum absolute atomic E-state index is 12.6. The fraction of sp³-hybridized carbons (Fsp3) is 0.463. The normalized spacial score (nSPS) is 26.2. The van der Waals surface area contributed by atoms with Crippen molar-refractivity contribution in [3.63, 3.8) is 0 Å². The van der Waals surface area contributed by atoms with Crippen molar-refractivity contribution < 1.29 is 90.8 Å². The minimum absolute atomic E-state index is 0.156. The van der Waals surface area contributed by atoms with Crippen molar-refractivity contribution in [1.82, 2.24) is 0 Å². The van der Waals surface area contributed by atoms with Gasteiger partial charge in [0.1, 0.15) is 31.2 Å². The fourth-order valence-corrected chi connectivity index (χ4v) is 6.49. The summed E-state index contributed by atoms with van der Waals surface area (Å²) in [5.41, 5.74) is 1.11. The Morgan fingerprint density at radius 2 is 1.08 bits per heavy atom. The lowest BCUT2D eigenvalue weighted by atomic mass is 9.85. The molecule has 0 aliphatic carbocycles. The van der Waals surface area contributed by atoms with Crippen molar-refractivity contribution in [3.8, 4) is 5.75 Å². The summed E-state index contributed by atoms with van der Waals surface area (Å²) in [7, 11) is 0. The van der Waals surface area contributed by atoms with E-state index >= 15 is 0 Å². The predicted octanol–water partition coefficient (Wildman–Crippen LogP) is 2.74. The highest BCUT2D eigenvalue weighted by molar-refractivity contribution is 6.06. The molecule has 0 aromatic heterocycles. The molecule has 324 valence electrons. The Hall–Kier alpha value is -6.18. The molecule has 4 rings (SSSR count). The van der Waals surface area contributed by atoms with Gasteiger partial charge in [-0.25, -0.2) is 0 Å². The SMILES string of the molecule is CC(=O)OC[C@@H]1O[C@@H](Oc2ccc(/C=C/C(=O)c3ccccc3)cc2)[C@H](OC(C)=O)[C@H](CC(=O)O)[C@H]1O[C@H]1O[C@@H](COC(C)=O)[C@H](OC(C)=O)[C@@H](OC(C)=O)[C@@H]1OC(C)=O. The molecule has 19 nitrogen and oxygen atoms in total. The molecular weight excluding hydrogens is 796 g/mol. The van der Waals surface area contributed by atoms with Crippen LogP contribution < -0.4 is 4.74 Å². The molecule has 2 heterocycles. The second-order valence-electron chi connectivity index (χ2n) is 13.6. The van der Waals surface area contributed by atoms with Gasteiger partial charge < -0.3 is 52.5 Å². The van der Waals surface area contributed by atoms with E-state index in [4.69, 9.17) is 47.4 Å². The fourth-order valence-electron chi connectivity index (χ4n) is 6.49. The van der Waals surface area contributed by atoms with Gasteiger partial charge in [0.2, 0.25) is 6.29 Å². The number of allylic oxidation sites excluding steroid dienone is 1. The Balaban J connectivity index is 1.74. The average molecular weight is 843 g/mol. The number of esters is 6. The lowest BCUT2D eigenvalue weighted by molar-refractivity contribution is -0.349. The molecule has 2 aliphatic heterocycles. The van der Waals surface area contributed by atoms with Crippen molar-refractivity contribution in [2.24, 2.45) is 5.92 Å². The zero-order valence-electron chi connectivity index (χ0n) is 33.5. The predicted molar refractivity (Wildman–Crippen MR) is 200 cm³/mol. The summed E-state index contributed by atoms with van der Waals surface area (Å²) in [6.07, 6.45) is -12.1. The van der Waals surface area contributed by atoms with Gasteiger partial charge in [0.25, 0.3) is 0 Å². The largest absolute Gasteiger partial charge is 0.481 e. The number of rotatable bonds is 17. The second kappa shape index (κ2) is 21.7. The molecule has 60 heavy (non-hydrogen) atoms. The first-order chi connectivity index (χ1) is 28.4. The Bertz CT molecular complexity index is 1890. The third-order valence-electron chi connectivity index (χ3n) is 8.81. The Morgan fingerprint density at radius 1 is 0.583 bits per heavy atom. The molecule has 10 atom stereocenters. The number of carboxylic acids is 1. The Morgan fingerprint density at radius 3 is 1.62 bits per heavy atom. The van der Waals surface area contributed by atoms with E-state index in [1.54, 1.807) is 48.5 Å². The maximum Gasteiger partial charge on any atom is 0.303 e. The molecule has 1 N–H and O–H groups in total. The van der Waals surface area contributed by atoms with Crippen LogP contribution in [0.1, 0.15) is 63.9 Å². The molecular formula is C41H46O19. The van der Waals surface area contributed by atoms with Gasteiger partial charge in [-0.1, -0.05) is 48.5 Å². The quantitative estimate of drug-likeness (QED) is 0.104. The molecule has 0 bridgehead atoms. The summed E-state index contributed by atoms with van der Waals surface area (Å²) >= 11 is 0. The van der Waals surface area contributed by atoms with E-state index in [1.165, 1.54) is 18.2 Å². The molecule has 2 aliphatic rings. The number of benzene rings is 2. The van der Waals surface area contributed by atoms with E-state index in [0.717, 1.165) is 41.5 Å². The number of ketones is 1. The Labute approximate surface area is 344 Å². The second-order valence-corrected chi connectivity index (χ2v) is 13.6. The van der Waals surface area contributed by atoms with E-state index in [2.05, 4.69) is 0 Å². The van der Waals surface area contributed by atoms with E-state index in [0.29, 0.717) is 11.1 Å². The number of carbonyl (C=O) groups excluding carboxylic acids is 7. The smallest absolute Gasteiger partial charge is 0.303 e. The number of aliphatic carboxylic acids is 1. The average Bonchev–Trinajstić information content (AvgIpc) is 3.16. The highest BCUT2D eigenvalue weighted by Gasteiger charge is 2.57. The van der Waals surface area contributed by atoms with Crippen LogP contribution in [0.3, 0.4) is 0 Å². The topological polar surface area (TPSA) is 249 Å². The number of hydrogen-bond acceptors (Lipinski definition) is 18.